The van der Waals surface area contributed by atoms with E-state index in [1.165, 1.54) is 12.1 Å². The van der Waals surface area contributed by atoms with Gasteiger partial charge in [-0.25, -0.2) is 4.39 Å². The fourth-order valence-corrected chi connectivity index (χ4v) is 2.29. The molecule has 1 rings (SSSR count). The summed E-state index contributed by atoms with van der Waals surface area (Å²) in [7, 11) is 0. The highest BCUT2D eigenvalue weighted by molar-refractivity contribution is 9.10. The van der Waals surface area contributed by atoms with Crippen molar-refractivity contribution >= 4 is 39.2 Å². The van der Waals surface area contributed by atoms with Crippen LogP contribution in [-0.4, -0.2) is 19.1 Å². The van der Waals surface area contributed by atoms with Crippen LogP contribution in [0.3, 0.4) is 0 Å². The Kier molecular flexibility index (Phi) is 5.88. The van der Waals surface area contributed by atoms with Crippen LogP contribution in [0.1, 0.15) is 13.8 Å². The van der Waals surface area contributed by atoms with Crippen LogP contribution in [0.15, 0.2) is 16.6 Å². The molecule has 0 aromatic heterocycles. The van der Waals surface area contributed by atoms with Gasteiger partial charge in [0.05, 0.1) is 23.2 Å². The van der Waals surface area contributed by atoms with Crippen molar-refractivity contribution in [2.24, 2.45) is 5.92 Å². The van der Waals surface area contributed by atoms with Gasteiger partial charge < -0.3 is 10.1 Å². The number of ether oxygens (including phenoxy) is 1. The monoisotopic (exact) mass is 337 g/mol. The number of esters is 1. The Balaban J connectivity index is 2.66. The van der Waals surface area contributed by atoms with Gasteiger partial charge in [0.2, 0.25) is 0 Å². The summed E-state index contributed by atoms with van der Waals surface area (Å²) in [5.41, 5.74) is 0.564. The highest BCUT2D eigenvalue weighted by Crippen LogP contribution is 2.31. The Labute approximate surface area is 119 Å². The molecule has 18 heavy (non-hydrogen) atoms. The van der Waals surface area contributed by atoms with Gasteiger partial charge >= 0.3 is 5.97 Å². The van der Waals surface area contributed by atoms with Crippen LogP contribution in [0.4, 0.5) is 10.1 Å². The third-order valence-corrected chi connectivity index (χ3v) is 3.20. The summed E-state index contributed by atoms with van der Waals surface area (Å²) in [5.74, 6) is -1.01. The van der Waals surface area contributed by atoms with Crippen LogP contribution >= 0.6 is 27.5 Å². The van der Waals surface area contributed by atoms with E-state index in [4.69, 9.17) is 16.3 Å². The molecule has 0 fully saturated rings. The van der Waals surface area contributed by atoms with E-state index in [-0.39, 0.29) is 16.9 Å². The summed E-state index contributed by atoms with van der Waals surface area (Å²) in [5, 5.41) is 3.26. The summed E-state index contributed by atoms with van der Waals surface area (Å²) in [6.45, 7) is 4.22. The predicted molar refractivity (Wildman–Crippen MR) is 73.4 cm³/mol. The first kappa shape index (κ1) is 15.2. The van der Waals surface area contributed by atoms with Gasteiger partial charge in [-0.2, -0.15) is 0 Å². The van der Waals surface area contributed by atoms with Crippen LogP contribution in [0.2, 0.25) is 5.02 Å². The Bertz CT molecular complexity index is 419. The minimum absolute atomic E-state index is 0.262. The Morgan fingerprint density at radius 1 is 1.61 bits per heavy atom. The van der Waals surface area contributed by atoms with Gasteiger partial charge in [-0.15, -0.1) is 0 Å². The number of halogens is 3. The standard InChI is InChI=1S/C12H14BrClFNO2/c1-3-18-12(17)7(2)6-16-11-9(13)4-8(15)5-10(11)14/h4-5,7,16H,3,6H2,1-2H3. The Hall–Kier alpha value is -0.810. The molecule has 0 saturated carbocycles. The average Bonchev–Trinajstić information content (AvgIpc) is 2.27. The van der Waals surface area contributed by atoms with Gasteiger partial charge in [0.1, 0.15) is 5.82 Å². The first-order valence-electron chi connectivity index (χ1n) is 5.50. The number of carbonyl (C=O) groups is 1. The molecule has 0 saturated heterocycles. The summed E-state index contributed by atoms with van der Waals surface area (Å²) < 4.78 is 18.4. The molecular formula is C12H14BrClFNO2. The maximum atomic E-state index is 13.0. The van der Waals surface area contributed by atoms with Crippen molar-refractivity contribution in [3.63, 3.8) is 0 Å². The molecule has 0 radical (unpaired) electrons. The van der Waals surface area contributed by atoms with Gasteiger partial charge in [-0.3, -0.25) is 4.79 Å². The molecule has 1 unspecified atom stereocenters. The minimum Gasteiger partial charge on any atom is -0.466 e. The molecule has 1 aromatic carbocycles. The van der Waals surface area contributed by atoms with Gasteiger partial charge in [-0.05, 0) is 35.0 Å². The molecule has 1 aromatic rings. The van der Waals surface area contributed by atoms with Crippen LogP contribution in [0, 0.1) is 11.7 Å². The summed E-state index contributed by atoms with van der Waals surface area (Å²) in [6, 6.07) is 2.52. The van der Waals surface area contributed by atoms with E-state index >= 15 is 0 Å². The second-order valence-electron chi connectivity index (χ2n) is 3.78. The summed E-state index contributed by atoms with van der Waals surface area (Å²) in [4.78, 5) is 11.4. The lowest BCUT2D eigenvalue weighted by atomic mass is 10.2. The first-order chi connectivity index (χ1) is 8.45. The molecule has 0 spiro atoms. The van der Waals surface area contributed by atoms with E-state index in [0.717, 1.165) is 0 Å². The minimum atomic E-state index is -0.420. The maximum Gasteiger partial charge on any atom is 0.310 e. The van der Waals surface area contributed by atoms with E-state index in [1.807, 2.05) is 0 Å². The molecular weight excluding hydrogens is 324 g/mol. The SMILES string of the molecule is CCOC(=O)C(C)CNc1c(Cl)cc(F)cc1Br. The fraction of sp³-hybridized carbons (Fsp3) is 0.417. The zero-order chi connectivity index (χ0) is 13.7. The zero-order valence-corrected chi connectivity index (χ0v) is 12.4. The van der Waals surface area contributed by atoms with Crippen LogP contribution in [0.25, 0.3) is 0 Å². The lowest BCUT2D eigenvalue weighted by Gasteiger charge is -2.14. The van der Waals surface area contributed by atoms with Crippen molar-refractivity contribution in [3.8, 4) is 0 Å². The summed E-state index contributed by atoms with van der Waals surface area (Å²) >= 11 is 9.12. The third-order valence-electron chi connectivity index (χ3n) is 2.28. The average molecular weight is 339 g/mol. The first-order valence-corrected chi connectivity index (χ1v) is 6.67. The van der Waals surface area contributed by atoms with E-state index in [0.29, 0.717) is 23.3 Å². The fourth-order valence-electron chi connectivity index (χ4n) is 1.33. The largest absolute Gasteiger partial charge is 0.466 e. The van der Waals surface area contributed by atoms with Crippen molar-refractivity contribution in [1.29, 1.82) is 0 Å². The van der Waals surface area contributed by atoms with Gasteiger partial charge in [0.25, 0.3) is 0 Å². The normalized spacial score (nSPS) is 12.1. The van der Waals surface area contributed by atoms with Gasteiger partial charge in [0.15, 0.2) is 0 Å². The maximum absolute atomic E-state index is 13.0. The second-order valence-corrected chi connectivity index (χ2v) is 5.04. The number of rotatable bonds is 5. The molecule has 0 aliphatic carbocycles. The molecule has 0 aliphatic heterocycles. The lowest BCUT2D eigenvalue weighted by Crippen LogP contribution is -2.22. The van der Waals surface area contributed by atoms with E-state index in [2.05, 4.69) is 21.2 Å². The molecule has 0 heterocycles. The molecule has 100 valence electrons. The van der Waals surface area contributed by atoms with E-state index in [1.54, 1.807) is 13.8 Å². The second kappa shape index (κ2) is 6.95. The number of anilines is 1. The molecule has 6 heteroatoms. The molecule has 0 aliphatic rings. The number of hydrogen-bond acceptors (Lipinski definition) is 3. The van der Waals surface area contributed by atoms with Crippen molar-refractivity contribution in [3.05, 3.63) is 27.4 Å². The lowest BCUT2D eigenvalue weighted by molar-refractivity contribution is -0.146. The smallest absolute Gasteiger partial charge is 0.310 e. The molecule has 0 amide bonds. The Morgan fingerprint density at radius 2 is 2.28 bits per heavy atom. The zero-order valence-electron chi connectivity index (χ0n) is 10.1. The highest BCUT2D eigenvalue weighted by atomic mass is 79.9. The predicted octanol–water partition coefficient (Wildman–Crippen LogP) is 3.85. The number of carbonyl (C=O) groups excluding carboxylic acids is 1. The molecule has 3 nitrogen and oxygen atoms in total. The van der Waals surface area contributed by atoms with Crippen LogP contribution in [-0.2, 0) is 9.53 Å². The van der Waals surface area contributed by atoms with Crippen molar-refractivity contribution in [2.75, 3.05) is 18.5 Å². The number of benzene rings is 1. The molecule has 1 N–H and O–H groups in total. The van der Waals surface area contributed by atoms with Crippen molar-refractivity contribution < 1.29 is 13.9 Å². The Morgan fingerprint density at radius 3 is 2.83 bits per heavy atom. The van der Waals surface area contributed by atoms with Gasteiger partial charge in [0, 0.05) is 11.0 Å². The highest BCUT2D eigenvalue weighted by Gasteiger charge is 2.15. The van der Waals surface area contributed by atoms with Crippen LogP contribution in [0.5, 0.6) is 0 Å². The number of hydrogen-bond donors (Lipinski definition) is 1. The van der Waals surface area contributed by atoms with E-state index in [9.17, 15) is 9.18 Å². The third kappa shape index (κ3) is 4.14. The topological polar surface area (TPSA) is 38.3 Å². The van der Waals surface area contributed by atoms with Gasteiger partial charge in [-0.1, -0.05) is 18.5 Å². The molecule has 1 atom stereocenters. The quantitative estimate of drug-likeness (QED) is 0.829. The molecule has 0 bridgehead atoms. The summed E-state index contributed by atoms with van der Waals surface area (Å²) in [6.07, 6.45) is 0. The van der Waals surface area contributed by atoms with Crippen LogP contribution < -0.4 is 5.32 Å². The van der Waals surface area contributed by atoms with Crippen molar-refractivity contribution in [1.82, 2.24) is 0 Å². The number of nitrogens with one attached hydrogen (secondary N) is 1. The van der Waals surface area contributed by atoms with Crippen molar-refractivity contribution in [2.45, 2.75) is 13.8 Å². The van der Waals surface area contributed by atoms with E-state index < -0.39 is 5.82 Å².